The van der Waals surface area contributed by atoms with Crippen molar-refractivity contribution in [2.75, 3.05) is 13.1 Å². The summed E-state index contributed by atoms with van der Waals surface area (Å²) in [6, 6.07) is 22.0. The van der Waals surface area contributed by atoms with Gasteiger partial charge in [0.05, 0.1) is 17.8 Å². The second-order valence-corrected chi connectivity index (χ2v) is 11.8. The predicted molar refractivity (Wildman–Crippen MR) is 154 cm³/mol. The van der Waals surface area contributed by atoms with E-state index in [2.05, 4.69) is 15.3 Å². The first kappa shape index (κ1) is 25.8. The standard InChI is InChI=1S/C32H33N5O3/c1-32(2,3)28(35-29(38)27-16-22-8-4-5-10-26(22)34-27)31(40)37-19-23-17-24(37)18-36(23)30(39)21-13-11-20(12-14-21)25-9-6-7-15-33-25/h4-16,23-24,28,34H,17-19H2,1-3H3,(H,35,38)/t23-,24-,28?/m0/s1. The maximum Gasteiger partial charge on any atom is 0.268 e. The third-order valence-corrected chi connectivity index (χ3v) is 8.04. The monoisotopic (exact) mass is 535 g/mol. The van der Waals surface area contributed by atoms with E-state index < -0.39 is 11.5 Å². The first-order valence-corrected chi connectivity index (χ1v) is 13.7. The molecular formula is C32H33N5O3. The Morgan fingerprint density at radius 3 is 2.27 bits per heavy atom. The van der Waals surface area contributed by atoms with Gasteiger partial charge in [-0.25, -0.2) is 0 Å². The molecule has 8 heteroatoms. The van der Waals surface area contributed by atoms with Crippen LogP contribution in [0.2, 0.25) is 0 Å². The van der Waals surface area contributed by atoms with Crippen molar-refractivity contribution in [2.24, 2.45) is 5.41 Å². The number of pyridine rings is 1. The zero-order chi connectivity index (χ0) is 28.0. The number of piperazine rings is 1. The largest absolute Gasteiger partial charge is 0.351 e. The van der Waals surface area contributed by atoms with Crippen LogP contribution in [0.5, 0.6) is 0 Å². The van der Waals surface area contributed by atoms with Crippen LogP contribution >= 0.6 is 0 Å². The molecule has 2 bridgehead atoms. The van der Waals surface area contributed by atoms with Gasteiger partial charge in [-0.3, -0.25) is 19.4 Å². The van der Waals surface area contributed by atoms with Gasteiger partial charge < -0.3 is 20.1 Å². The molecule has 2 fully saturated rings. The highest BCUT2D eigenvalue weighted by Gasteiger charge is 2.49. The molecule has 2 N–H and O–H groups in total. The Kier molecular flexibility index (Phi) is 6.41. The summed E-state index contributed by atoms with van der Waals surface area (Å²) in [6.07, 6.45) is 2.50. The zero-order valence-electron chi connectivity index (χ0n) is 22.9. The topological polar surface area (TPSA) is 98.4 Å². The first-order valence-electron chi connectivity index (χ1n) is 13.7. The minimum atomic E-state index is -0.700. The molecule has 4 heterocycles. The van der Waals surface area contributed by atoms with Crippen LogP contribution in [-0.2, 0) is 4.79 Å². The number of carbonyl (C=O) groups excluding carboxylic acids is 3. The van der Waals surface area contributed by atoms with Crippen molar-refractivity contribution < 1.29 is 14.4 Å². The molecular weight excluding hydrogens is 502 g/mol. The average Bonchev–Trinajstić information content (AvgIpc) is 3.69. The third-order valence-electron chi connectivity index (χ3n) is 8.04. The number of likely N-dealkylation sites (tertiary alicyclic amines) is 2. The van der Waals surface area contributed by atoms with Gasteiger partial charge in [-0.1, -0.05) is 57.2 Å². The molecule has 4 aromatic rings. The molecule has 1 unspecified atom stereocenters. The van der Waals surface area contributed by atoms with Crippen molar-refractivity contribution in [1.29, 1.82) is 0 Å². The van der Waals surface area contributed by atoms with E-state index in [9.17, 15) is 14.4 Å². The molecule has 0 saturated carbocycles. The number of fused-ring (bicyclic) bond motifs is 3. The number of amides is 3. The average molecular weight is 536 g/mol. The van der Waals surface area contributed by atoms with Gasteiger partial charge >= 0.3 is 0 Å². The van der Waals surface area contributed by atoms with Crippen LogP contribution in [0.1, 0.15) is 48.0 Å². The lowest BCUT2D eigenvalue weighted by Gasteiger charge is -2.39. The minimum absolute atomic E-state index is 0.0216. The number of carbonyl (C=O) groups is 3. The van der Waals surface area contributed by atoms with Gasteiger partial charge in [0.15, 0.2) is 0 Å². The van der Waals surface area contributed by atoms with Crippen molar-refractivity contribution in [3.05, 3.63) is 90.3 Å². The Labute approximate surface area is 233 Å². The molecule has 0 aliphatic carbocycles. The van der Waals surface area contributed by atoms with Crippen molar-refractivity contribution >= 4 is 28.6 Å². The molecule has 2 aliphatic heterocycles. The second kappa shape index (κ2) is 9.93. The summed E-state index contributed by atoms with van der Waals surface area (Å²) < 4.78 is 0. The van der Waals surface area contributed by atoms with Gasteiger partial charge in [-0.2, -0.15) is 0 Å². The number of nitrogens with zero attached hydrogens (tertiary/aromatic N) is 3. The molecule has 2 aliphatic rings. The minimum Gasteiger partial charge on any atom is -0.351 e. The molecule has 3 amide bonds. The smallest absolute Gasteiger partial charge is 0.268 e. The number of nitrogens with one attached hydrogen (secondary N) is 2. The van der Waals surface area contributed by atoms with E-state index in [0.29, 0.717) is 24.3 Å². The van der Waals surface area contributed by atoms with Crippen molar-refractivity contribution in [3.63, 3.8) is 0 Å². The van der Waals surface area contributed by atoms with E-state index in [1.165, 1.54) is 0 Å². The van der Waals surface area contributed by atoms with Gasteiger partial charge in [0, 0.05) is 41.3 Å². The molecule has 0 radical (unpaired) electrons. The Balaban J connectivity index is 1.13. The van der Waals surface area contributed by atoms with Crippen LogP contribution in [0.4, 0.5) is 0 Å². The predicted octanol–water partition coefficient (Wildman–Crippen LogP) is 4.50. The van der Waals surface area contributed by atoms with Gasteiger partial charge in [0.2, 0.25) is 5.91 Å². The molecule has 40 heavy (non-hydrogen) atoms. The van der Waals surface area contributed by atoms with Gasteiger partial charge in [0.1, 0.15) is 11.7 Å². The summed E-state index contributed by atoms with van der Waals surface area (Å²) in [6.45, 7) is 6.83. The lowest BCUT2D eigenvalue weighted by Crippen LogP contribution is -2.59. The van der Waals surface area contributed by atoms with Crippen LogP contribution in [-0.4, -0.2) is 68.7 Å². The van der Waals surface area contributed by atoms with Crippen LogP contribution in [0, 0.1) is 5.41 Å². The van der Waals surface area contributed by atoms with E-state index >= 15 is 0 Å². The van der Waals surface area contributed by atoms with E-state index in [1.54, 1.807) is 12.3 Å². The van der Waals surface area contributed by atoms with Crippen LogP contribution in [0.15, 0.2) is 79.0 Å². The van der Waals surface area contributed by atoms with E-state index in [-0.39, 0.29) is 29.8 Å². The van der Waals surface area contributed by atoms with Crippen LogP contribution < -0.4 is 5.32 Å². The molecule has 3 atom stereocenters. The van der Waals surface area contributed by atoms with Crippen LogP contribution in [0.25, 0.3) is 22.2 Å². The van der Waals surface area contributed by atoms with Crippen molar-refractivity contribution in [3.8, 4) is 11.3 Å². The summed E-state index contributed by atoms with van der Waals surface area (Å²) in [5.41, 5.74) is 3.26. The molecule has 2 aromatic carbocycles. The fraction of sp³-hybridized carbons (Fsp3) is 0.312. The Bertz CT molecular complexity index is 1540. The maximum absolute atomic E-state index is 13.8. The Hall–Kier alpha value is -4.46. The number of para-hydroxylation sites is 1. The molecule has 6 rings (SSSR count). The van der Waals surface area contributed by atoms with E-state index in [0.717, 1.165) is 28.6 Å². The van der Waals surface area contributed by atoms with Crippen molar-refractivity contribution in [1.82, 2.24) is 25.1 Å². The summed E-state index contributed by atoms with van der Waals surface area (Å²) >= 11 is 0. The lowest BCUT2D eigenvalue weighted by molar-refractivity contribution is -0.138. The quantitative estimate of drug-likeness (QED) is 0.393. The normalized spacial score (nSPS) is 19.2. The van der Waals surface area contributed by atoms with Gasteiger partial charge in [-0.15, -0.1) is 0 Å². The number of aromatic amines is 1. The fourth-order valence-corrected chi connectivity index (χ4v) is 5.89. The first-order chi connectivity index (χ1) is 19.2. The lowest BCUT2D eigenvalue weighted by atomic mass is 9.85. The molecule has 204 valence electrons. The molecule has 2 aromatic heterocycles. The zero-order valence-corrected chi connectivity index (χ0v) is 22.9. The second-order valence-electron chi connectivity index (χ2n) is 11.8. The summed E-state index contributed by atoms with van der Waals surface area (Å²) in [7, 11) is 0. The highest BCUT2D eigenvalue weighted by Crippen LogP contribution is 2.34. The number of hydrogen-bond acceptors (Lipinski definition) is 4. The third kappa shape index (κ3) is 4.74. The van der Waals surface area contributed by atoms with E-state index in [1.807, 2.05) is 97.3 Å². The SMILES string of the molecule is CC(C)(C)C(NC(=O)c1cc2ccccc2[nH]1)C(=O)N1C[C@@H]2C[C@H]1CN2C(=O)c1ccc(-c2ccccn2)cc1. The summed E-state index contributed by atoms with van der Waals surface area (Å²) in [5.74, 6) is -0.428. The number of aromatic nitrogens is 2. The number of H-pyrrole nitrogens is 1. The van der Waals surface area contributed by atoms with Crippen LogP contribution in [0.3, 0.4) is 0 Å². The number of rotatable bonds is 5. The van der Waals surface area contributed by atoms with Crippen molar-refractivity contribution in [2.45, 2.75) is 45.3 Å². The fourth-order valence-electron chi connectivity index (χ4n) is 5.89. The van der Waals surface area contributed by atoms with Gasteiger partial charge in [-0.05, 0) is 48.2 Å². The Morgan fingerprint density at radius 1 is 0.925 bits per heavy atom. The number of hydrogen-bond donors (Lipinski definition) is 2. The Morgan fingerprint density at radius 2 is 1.62 bits per heavy atom. The molecule has 8 nitrogen and oxygen atoms in total. The number of benzene rings is 2. The maximum atomic E-state index is 13.8. The van der Waals surface area contributed by atoms with Gasteiger partial charge in [0.25, 0.3) is 11.8 Å². The molecule has 2 saturated heterocycles. The van der Waals surface area contributed by atoms with E-state index in [4.69, 9.17) is 0 Å². The summed E-state index contributed by atoms with van der Waals surface area (Å²) in [5, 5.41) is 3.95. The summed E-state index contributed by atoms with van der Waals surface area (Å²) in [4.78, 5) is 51.7. The highest BCUT2D eigenvalue weighted by molar-refractivity contribution is 6.00. The molecule has 0 spiro atoms. The highest BCUT2D eigenvalue weighted by atomic mass is 16.2.